The number of aromatic nitrogens is 2. The fourth-order valence-electron chi connectivity index (χ4n) is 2.63. The Kier molecular flexibility index (Phi) is 3.14. The maximum atomic E-state index is 12.0. The molecule has 2 heterocycles. The smallest absolute Gasteiger partial charge is 0.317 e. The molecule has 0 spiro atoms. The van der Waals surface area contributed by atoms with Gasteiger partial charge >= 0.3 is 5.69 Å². The molecule has 5 heteroatoms. The van der Waals surface area contributed by atoms with Gasteiger partial charge in [0, 0.05) is 11.6 Å². The van der Waals surface area contributed by atoms with Crippen molar-refractivity contribution < 1.29 is 0 Å². The molecule has 0 aliphatic carbocycles. The molecular formula is C13H16ClN3O. The lowest BCUT2D eigenvalue weighted by Gasteiger charge is -2.22. The van der Waals surface area contributed by atoms with Crippen LogP contribution in [0.5, 0.6) is 0 Å². The van der Waals surface area contributed by atoms with Gasteiger partial charge < -0.3 is 10.3 Å². The minimum absolute atomic E-state index is 0.0363. The third-order valence-corrected chi connectivity index (χ3v) is 3.87. The Hall–Kier alpha value is -1.26. The van der Waals surface area contributed by atoms with E-state index in [1.165, 1.54) is 0 Å². The number of nitrogens with zero attached hydrogens (tertiary/aromatic N) is 1. The first-order valence-corrected chi connectivity index (χ1v) is 6.70. The highest BCUT2D eigenvalue weighted by Crippen LogP contribution is 2.20. The standard InChI is InChI=1S/C13H16ClN3O/c14-10-1-2-11-12(7-10)17(13(18)16-11)8-9-3-5-15-6-4-9/h1-2,7,9,15H,3-6,8H2,(H,16,18). The molecule has 1 saturated heterocycles. The first-order valence-electron chi connectivity index (χ1n) is 6.33. The van der Waals surface area contributed by atoms with E-state index in [9.17, 15) is 4.79 Å². The number of hydrogen-bond acceptors (Lipinski definition) is 2. The van der Waals surface area contributed by atoms with E-state index in [0.29, 0.717) is 10.9 Å². The number of benzene rings is 1. The van der Waals surface area contributed by atoms with E-state index >= 15 is 0 Å². The van der Waals surface area contributed by atoms with Gasteiger partial charge in [0.05, 0.1) is 11.0 Å². The monoisotopic (exact) mass is 265 g/mol. The summed E-state index contributed by atoms with van der Waals surface area (Å²) in [7, 11) is 0. The van der Waals surface area contributed by atoms with Gasteiger partial charge in [0.25, 0.3) is 0 Å². The molecule has 1 aromatic carbocycles. The third-order valence-electron chi connectivity index (χ3n) is 3.64. The van der Waals surface area contributed by atoms with Crippen LogP contribution in [-0.2, 0) is 6.54 Å². The van der Waals surface area contributed by atoms with Gasteiger partial charge in [0.15, 0.2) is 0 Å². The van der Waals surface area contributed by atoms with E-state index in [2.05, 4.69) is 10.3 Å². The summed E-state index contributed by atoms with van der Waals surface area (Å²) in [4.78, 5) is 14.8. The number of aromatic amines is 1. The number of hydrogen-bond donors (Lipinski definition) is 2. The highest BCUT2D eigenvalue weighted by atomic mass is 35.5. The Morgan fingerprint density at radius 1 is 1.33 bits per heavy atom. The van der Waals surface area contributed by atoms with Crippen molar-refractivity contribution in [3.8, 4) is 0 Å². The van der Waals surface area contributed by atoms with Gasteiger partial charge in [-0.3, -0.25) is 4.57 Å². The predicted octanol–water partition coefficient (Wildman–Crippen LogP) is 1.98. The normalized spacial score (nSPS) is 17.4. The Labute approximate surface area is 110 Å². The maximum absolute atomic E-state index is 12.0. The molecule has 1 aromatic heterocycles. The van der Waals surface area contributed by atoms with Crippen molar-refractivity contribution in [1.82, 2.24) is 14.9 Å². The molecule has 4 nitrogen and oxygen atoms in total. The Morgan fingerprint density at radius 2 is 2.11 bits per heavy atom. The zero-order valence-corrected chi connectivity index (χ0v) is 10.8. The molecule has 18 heavy (non-hydrogen) atoms. The summed E-state index contributed by atoms with van der Waals surface area (Å²) in [6.45, 7) is 2.87. The molecule has 0 bridgehead atoms. The zero-order chi connectivity index (χ0) is 12.5. The molecule has 1 aliphatic heterocycles. The van der Waals surface area contributed by atoms with E-state index in [1.54, 1.807) is 6.07 Å². The number of rotatable bonds is 2. The minimum Gasteiger partial charge on any atom is -0.317 e. The molecule has 0 unspecified atom stereocenters. The summed E-state index contributed by atoms with van der Waals surface area (Å²) in [5.41, 5.74) is 1.73. The second kappa shape index (κ2) is 4.78. The lowest BCUT2D eigenvalue weighted by atomic mass is 9.98. The molecule has 1 fully saturated rings. The topological polar surface area (TPSA) is 49.8 Å². The van der Waals surface area contributed by atoms with Crippen molar-refractivity contribution in [3.05, 3.63) is 33.7 Å². The summed E-state index contributed by atoms with van der Waals surface area (Å²) < 4.78 is 1.82. The molecule has 2 N–H and O–H groups in total. The van der Waals surface area contributed by atoms with Gasteiger partial charge in [-0.05, 0) is 50.0 Å². The molecule has 3 rings (SSSR count). The summed E-state index contributed by atoms with van der Waals surface area (Å²) >= 11 is 6.00. The average molecular weight is 266 g/mol. The van der Waals surface area contributed by atoms with Crippen molar-refractivity contribution >= 4 is 22.6 Å². The van der Waals surface area contributed by atoms with E-state index in [-0.39, 0.29) is 5.69 Å². The molecule has 96 valence electrons. The molecule has 2 aromatic rings. The van der Waals surface area contributed by atoms with Crippen LogP contribution in [0.2, 0.25) is 5.02 Å². The van der Waals surface area contributed by atoms with Crippen molar-refractivity contribution in [2.45, 2.75) is 19.4 Å². The molecule has 1 aliphatic rings. The summed E-state index contributed by atoms with van der Waals surface area (Å²) in [6.07, 6.45) is 2.25. The van der Waals surface area contributed by atoms with Crippen LogP contribution < -0.4 is 11.0 Å². The van der Waals surface area contributed by atoms with Gasteiger partial charge in [-0.2, -0.15) is 0 Å². The summed E-state index contributed by atoms with van der Waals surface area (Å²) in [5, 5.41) is 4.01. The maximum Gasteiger partial charge on any atom is 0.326 e. The molecule has 0 saturated carbocycles. The van der Waals surface area contributed by atoms with Gasteiger partial charge in [0.1, 0.15) is 0 Å². The zero-order valence-electron chi connectivity index (χ0n) is 10.1. The number of imidazole rings is 1. The lowest BCUT2D eigenvalue weighted by molar-refractivity contribution is 0.333. The highest BCUT2D eigenvalue weighted by molar-refractivity contribution is 6.31. The van der Waals surface area contributed by atoms with Crippen molar-refractivity contribution in [3.63, 3.8) is 0 Å². The van der Waals surface area contributed by atoms with Crippen LogP contribution in [0.1, 0.15) is 12.8 Å². The molecular weight excluding hydrogens is 250 g/mol. The van der Waals surface area contributed by atoms with Crippen molar-refractivity contribution in [2.24, 2.45) is 5.92 Å². The van der Waals surface area contributed by atoms with Crippen LogP contribution in [0.4, 0.5) is 0 Å². The Bertz CT molecular complexity index is 610. The molecule has 0 atom stereocenters. The van der Waals surface area contributed by atoms with Crippen LogP contribution >= 0.6 is 11.6 Å². The highest BCUT2D eigenvalue weighted by Gasteiger charge is 2.16. The first kappa shape index (κ1) is 11.8. The van der Waals surface area contributed by atoms with Crippen LogP contribution in [0.25, 0.3) is 11.0 Å². The van der Waals surface area contributed by atoms with E-state index < -0.39 is 0 Å². The van der Waals surface area contributed by atoms with Crippen LogP contribution in [-0.4, -0.2) is 22.6 Å². The number of nitrogens with one attached hydrogen (secondary N) is 2. The summed E-state index contributed by atoms with van der Waals surface area (Å²) in [6, 6.07) is 5.52. The van der Waals surface area contributed by atoms with E-state index in [0.717, 1.165) is 43.5 Å². The second-order valence-corrected chi connectivity index (χ2v) is 5.33. The number of H-pyrrole nitrogens is 1. The van der Waals surface area contributed by atoms with Crippen molar-refractivity contribution in [1.29, 1.82) is 0 Å². The lowest BCUT2D eigenvalue weighted by Crippen LogP contribution is -2.31. The van der Waals surface area contributed by atoms with Crippen LogP contribution in [0.3, 0.4) is 0 Å². The van der Waals surface area contributed by atoms with E-state index in [4.69, 9.17) is 11.6 Å². The first-order chi connectivity index (χ1) is 8.74. The Morgan fingerprint density at radius 3 is 2.89 bits per heavy atom. The molecule has 0 radical (unpaired) electrons. The van der Waals surface area contributed by atoms with E-state index in [1.807, 2.05) is 16.7 Å². The number of halogens is 1. The predicted molar refractivity (Wildman–Crippen MR) is 73.2 cm³/mol. The number of fused-ring (bicyclic) bond motifs is 1. The second-order valence-electron chi connectivity index (χ2n) is 4.90. The summed E-state index contributed by atoms with van der Waals surface area (Å²) in [5.74, 6) is 0.571. The van der Waals surface area contributed by atoms with Gasteiger partial charge in [0.2, 0.25) is 0 Å². The largest absolute Gasteiger partial charge is 0.326 e. The molecule has 0 amide bonds. The van der Waals surface area contributed by atoms with Gasteiger partial charge in [-0.25, -0.2) is 4.79 Å². The quantitative estimate of drug-likeness (QED) is 0.872. The van der Waals surface area contributed by atoms with Gasteiger partial charge in [-0.1, -0.05) is 11.6 Å². The fourth-order valence-corrected chi connectivity index (χ4v) is 2.80. The SMILES string of the molecule is O=c1[nH]c2ccc(Cl)cc2n1CC1CCNCC1. The van der Waals surface area contributed by atoms with Crippen LogP contribution in [0, 0.1) is 5.92 Å². The van der Waals surface area contributed by atoms with Gasteiger partial charge in [-0.15, -0.1) is 0 Å². The number of piperidine rings is 1. The third kappa shape index (κ3) is 2.18. The van der Waals surface area contributed by atoms with Crippen molar-refractivity contribution in [2.75, 3.05) is 13.1 Å². The minimum atomic E-state index is -0.0363. The van der Waals surface area contributed by atoms with Crippen LogP contribution in [0.15, 0.2) is 23.0 Å². The average Bonchev–Trinajstić information content (AvgIpc) is 2.67. The Balaban J connectivity index is 1.97. The fraction of sp³-hybridized carbons (Fsp3) is 0.462.